The van der Waals surface area contributed by atoms with Crippen molar-refractivity contribution in [3.05, 3.63) is 42.6 Å². The first-order chi connectivity index (χ1) is 15.0. The molecule has 0 unspecified atom stereocenters. The predicted molar refractivity (Wildman–Crippen MR) is 116 cm³/mol. The largest absolute Gasteiger partial charge is 0.493 e. The topological polar surface area (TPSA) is 123 Å². The first-order valence-electron chi connectivity index (χ1n) is 9.45. The van der Waals surface area contributed by atoms with Gasteiger partial charge in [-0.25, -0.2) is 0 Å². The van der Waals surface area contributed by atoms with Crippen molar-refractivity contribution in [2.45, 2.75) is 4.90 Å². The van der Waals surface area contributed by atoms with E-state index in [9.17, 15) is 8.42 Å². The lowest BCUT2D eigenvalue weighted by molar-refractivity contribution is -0.122. The highest BCUT2D eigenvalue weighted by atomic mass is 32.2. The van der Waals surface area contributed by atoms with E-state index in [0.717, 1.165) is 41.3 Å². The van der Waals surface area contributed by atoms with Gasteiger partial charge in [0.05, 0.1) is 30.8 Å². The lowest BCUT2D eigenvalue weighted by atomic mass is 10.2. The van der Waals surface area contributed by atoms with Crippen LogP contribution in [-0.4, -0.2) is 69.6 Å². The van der Waals surface area contributed by atoms with Crippen molar-refractivity contribution in [3.8, 4) is 11.5 Å². The number of aromatic nitrogens is 2. The molecule has 0 aliphatic carbocycles. The van der Waals surface area contributed by atoms with Crippen LogP contribution in [0.25, 0.3) is 10.9 Å². The summed E-state index contributed by atoms with van der Waals surface area (Å²) in [6, 6.07) is 10.3. The molecule has 0 saturated carbocycles. The van der Waals surface area contributed by atoms with E-state index in [2.05, 4.69) is 15.3 Å². The molecule has 0 spiro atoms. The maximum atomic E-state index is 13.2. The van der Waals surface area contributed by atoms with Gasteiger partial charge in [-0.2, -0.15) is 17.6 Å². The lowest BCUT2D eigenvalue weighted by Gasteiger charge is -2.29. The zero-order valence-electron chi connectivity index (χ0n) is 17.2. The van der Waals surface area contributed by atoms with Crippen molar-refractivity contribution >= 4 is 33.1 Å². The fraction of sp³-hybridized carbons (Fsp3) is 0.300. The average molecular weight is 449 g/mol. The van der Waals surface area contributed by atoms with Gasteiger partial charge < -0.3 is 24.8 Å². The summed E-state index contributed by atoms with van der Waals surface area (Å²) >= 11 is 0. The number of nitrogens with one attached hydrogen (secondary N) is 1. The number of piperazine rings is 1. The standard InChI is InChI=1S/C19H22N4O4S.CH2O2/c1-26-18-6-5-16(12-19(18)27-2)28(24,25)23-17-11-15(4-3-14(17)13-21-23)22-9-7-20-8-10-22;2-1-3/h3-6,11-13,20H,7-10H2,1-2H3;1H,(H,2,3). The van der Waals surface area contributed by atoms with Gasteiger partial charge in [-0.1, -0.05) is 0 Å². The second-order valence-corrected chi connectivity index (χ2v) is 8.36. The summed E-state index contributed by atoms with van der Waals surface area (Å²) in [4.78, 5) is 10.7. The number of ether oxygens (including phenoxy) is 2. The number of benzene rings is 2. The Kier molecular flexibility index (Phi) is 6.98. The summed E-state index contributed by atoms with van der Waals surface area (Å²) in [5.41, 5.74) is 1.53. The van der Waals surface area contributed by atoms with Crippen LogP contribution in [-0.2, 0) is 14.8 Å². The van der Waals surface area contributed by atoms with Crippen LogP contribution in [0.15, 0.2) is 47.5 Å². The van der Waals surface area contributed by atoms with Crippen molar-refractivity contribution in [2.75, 3.05) is 45.3 Å². The van der Waals surface area contributed by atoms with Gasteiger partial charge in [0.2, 0.25) is 0 Å². The third kappa shape index (κ3) is 4.57. The Morgan fingerprint density at radius 1 is 1.06 bits per heavy atom. The molecule has 3 aromatic rings. The van der Waals surface area contributed by atoms with Crippen LogP contribution in [0, 0.1) is 0 Å². The SMILES string of the molecule is COc1ccc(S(=O)(=O)n2ncc3ccc(N4CCNCC4)cc32)cc1OC.O=CO. The van der Waals surface area contributed by atoms with Crippen molar-refractivity contribution in [1.29, 1.82) is 0 Å². The summed E-state index contributed by atoms with van der Waals surface area (Å²) in [7, 11) is -0.914. The zero-order valence-corrected chi connectivity index (χ0v) is 18.0. The van der Waals surface area contributed by atoms with E-state index in [4.69, 9.17) is 19.4 Å². The van der Waals surface area contributed by atoms with Crippen LogP contribution >= 0.6 is 0 Å². The molecule has 2 N–H and O–H groups in total. The molecule has 0 radical (unpaired) electrons. The summed E-state index contributed by atoms with van der Waals surface area (Å²) in [6.07, 6.45) is 1.56. The van der Waals surface area contributed by atoms with Gasteiger partial charge in [0, 0.05) is 43.3 Å². The average Bonchev–Trinajstić information content (AvgIpc) is 3.24. The van der Waals surface area contributed by atoms with E-state index >= 15 is 0 Å². The Hall–Kier alpha value is -3.31. The molecular weight excluding hydrogens is 424 g/mol. The number of anilines is 1. The fourth-order valence-electron chi connectivity index (χ4n) is 3.37. The van der Waals surface area contributed by atoms with Gasteiger partial charge >= 0.3 is 0 Å². The molecular formula is C20H24N4O6S. The van der Waals surface area contributed by atoms with E-state index in [0.29, 0.717) is 17.0 Å². The van der Waals surface area contributed by atoms with E-state index in [1.54, 1.807) is 12.3 Å². The summed E-state index contributed by atoms with van der Waals surface area (Å²) in [5, 5.41) is 15.1. The number of methoxy groups -OCH3 is 2. The van der Waals surface area contributed by atoms with Gasteiger partial charge in [-0.05, 0) is 30.3 Å². The second kappa shape index (κ2) is 9.67. The van der Waals surface area contributed by atoms with Gasteiger partial charge in [0.1, 0.15) is 0 Å². The highest BCUT2D eigenvalue weighted by Crippen LogP contribution is 2.31. The lowest BCUT2D eigenvalue weighted by Crippen LogP contribution is -2.43. The Bertz CT molecular complexity index is 1160. The molecule has 0 bridgehead atoms. The Balaban J connectivity index is 0.000000858. The highest BCUT2D eigenvalue weighted by molar-refractivity contribution is 7.90. The van der Waals surface area contributed by atoms with Crippen LogP contribution in [0.3, 0.4) is 0 Å². The minimum Gasteiger partial charge on any atom is -0.493 e. The molecule has 1 aromatic heterocycles. The van der Waals surface area contributed by atoms with Crippen LogP contribution in [0.4, 0.5) is 5.69 Å². The summed E-state index contributed by atoms with van der Waals surface area (Å²) in [5.74, 6) is 0.814. The normalized spacial score (nSPS) is 13.9. The molecule has 1 fully saturated rings. The van der Waals surface area contributed by atoms with Crippen LogP contribution in [0.5, 0.6) is 11.5 Å². The summed E-state index contributed by atoms with van der Waals surface area (Å²) < 4.78 is 38.0. The number of hydrogen-bond donors (Lipinski definition) is 2. The number of carboxylic acid groups (broad SMARTS) is 1. The van der Waals surface area contributed by atoms with Crippen LogP contribution < -0.4 is 19.7 Å². The van der Waals surface area contributed by atoms with Crippen molar-refractivity contribution < 1.29 is 27.8 Å². The molecule has 0 amide bonds. The minimum absolute atomic E-state index is 0.0859. The number of nitrogens with zero attached hydrogens (tertiary/aromatic N) is 3. The maximum Gasteiger partial charge on any atom is 0.290 e. The number of rotatable bonds is 5. The Labute approximate surface area is 180 Å². The molecule has 11 heteroatoms. The number of fused-ring (bicyclic) bond motifs is 1. The second-order valence-electron chi connectivity index (χ2n) is 6.59. The molecule has 31 heavy (non-hydrogen) atoms. The smallest absolute Gasteiger partial charge is 0.290 e. The first kappa shape index (κ1) is 22.4. The van der Waals surface area contributed by atoms with Crippen LogP contribution in [0.2, 0.25) is 0 Å². The molecule has 1 saturated heterocycles. The Morgan fingerprint density at radius 3 is 2.39 bits per heavy atom. The van der Waals surface area contributed by atoms with E-state index in [1.807, 2.05) is 18.2 Å². The van der Waals surface area contributed by atoms with E-state index in [1.165, 1.54) is 26.4 Å². The summed E-state index contributed by atoms with van der Waals surface area (Å²) in [6.45, 7) is 3.31. The molecule has 2 heterocycles. The highest BCUT2D eigenvalue weighted by Gasteiger charge is 2.23. The third-order valence-electron chi connectivity index (χ3n) is 4.88. The van der Waals surface area contributed by atoms with Crippen molar-refractivity contribution in [2.24, 2.45) is 0 Å². The molecule has 4 rings (SSSR count). The van der Waals surface area contributed by atoms with Crippen LogP contribution in [0.1, 0.15) is 0 Å². The fourth-order valence-corrected chi connectivity index (χ4v) is 4.66. The molecule has 166 valence electrons. The Morgan fingerprint density at radius 2 is 1.74 bits per heavy atom. The third-order valence-corrected chi connectivity index (χ3v) is 6.48. The zero-order chi connectivity index (χ0) is 22.4. The molecule has 1 aliphatic rings. The van der Waals surface area contributed by atoms with Crippen molar-refractivity contribution in [3.63, 3.8) is 0 Å². The van der Waals surface area contributed by atoms with Gasteiger partial charge in [0.15, 0.2) is 11.5 Å². The predicted octanol–water partition coefficient (Wildman–Crippen LogP) is 1.40. The molecule has 0 atom stereocenters. The number of carbonyl (C=O) groups is 1. The van der Waals surface area contributed by atoms with E-state index in [-0.39, 0.29) is 11.4 Å². The van der Waals surface area contributed by atoms with Gasteiger partial charge in [0.25, 0.3) is 16.5 Å². The van der Waals surface area contributed by atoms with Crippen molar-refractivity contribution in [1.82, 2.24) is 14.5 Å². The van der Waals surface area contributed by atoms with Gasteiger partial charge in [-0.3, -0.25) is 4.79 Å². The first-order valence-corrected chi connectivity index (χ1v) is 10.9. The van der Waals surface area contributed by atoms with Gasteiger partial charge in [-0.15, -0.1) is 0 Å². The monoisotopic (exact) mass is 448 g/mol. The minimum atomic E-state index is -3.89. The molecule has 10 nitrogen and oxygen atoms in total. The quantitative estimate of drug-likeness (QED) is 0.558. The van der Waals surface area contributed by atoms with E-state index < -0.39 is 10.0 Å². The molecule has 2 aromatic carbocycles. The number of hydrogen-bond acceptors (Lipinski definition) is 8. The molecule has 1 aliphatic heterocycles. The maximum absolute atomic E-state index is 13.2.